The molecular weight excluding hydrogens is 307 g/mol. The van der Waals surface area contributed by atoms with E-state index in [4.69, 9.17) is 33.2 Å². The van der Waals surface area contributed by atoms with Gasteiger partial charge in [-0.05, 0) is 25.6 Å². The van der Waals surface area contributed by atoms with Gasteiger partial charge in [-0.2, -0.15) is 0 Å². The van der Waals surface area contributed by atoms with Gasteiger partial charge >= 0.3 is 0 Å². The number of aromatic nitrogens is 2. The summed E-state index contributed by atoms with van der Waals surface area (Å²) < 4.78 is 0. The minimum atomic E-state index is 0.520. The fraction of sp³-hybridized carbons (Fsp3) is 0.467. The van der Waals surface area contributed by atoms with Crippen molar-refractivity contribution in [3.05, 3.63) is 27.9 Å². The molecule has 1 aromatic carbocycles. The van der Waals surface area contributed by atoms with E-state index in [1.54, 1.807) is 12.1 Å². The van der Waals surface area contributed by atoms with Crippen molar-refractivity contribution >= 4 is 40.1 Å². The van der Waals surface area contributed by atoms with Crippen molar-refractivity contribution < 1.29 is 0 Å². The molecule has 112 valence electrons. The Kier molecular flexibility index (Phi) is 4.20. The molecule has 1 aliphatic heterocycles. The highest BCUT2D eigenvalue weighted by Gasteiger charge is 2.19. The summed E-state index contributed by atoms with van der Waals surface area (Å²) in [5, 5.41) is 1.04. The summed E-state index contributed by atoms with van der Waals surface area (Å²) in [5.74, 6) is 0.983. The van der Waals surface area contributed by atoms with Gasteiger partial charge in [-0.3, -0.25) is 0 Å². The number of likely N-dealkylation sites (N-methyl/N-ethyl adjacent to an activating group) is 1. The normalized spacial score (nSPS) is 16.7. The molecule has 1 aromatic heterocycles. The zero-order chi connectivity index (χ0) is 15.0. The third-order valence-electron chi connectivity index (χ3n) is 3.90. The second-order valence-corrected chi connectivity index (χ2v) is 6.21. The van der Waals surface area contributed by atoms with Gasteiger partial charge in [-0.25, -0.2) is 9.97 Å². The van der Waals surface area contributed by atoms with Crippen LogP contribution < -0.4 is 4.90 Å². The van der Waals surface area contributed by atoms with Gasteiger partial charge in [0, 0.05) is 26.2 Å². The Morgan fingerprint density at radius 1 is 1.00 bits per heavy atom. The van der Waals surface area contributed by atoms with Crippen molar-refractivity contribution in [2.24, 2.45) is 0 Å². The molecule has 1 aliphatic rings. The van der Waals surface area contributed by atoms with Crippen LogP contribution in [0, 0.1) is 0 Å². The lowest BCUT2D eigenvalue weighted by atomic mass is 10.2. The van der Waals surface area contributed by atoms with Crippen LogP contribution in [0.2, 0.25) is 10.0 Å². The largest absolute Gasteiger partial charge is 0.353 e. The highest BCUT2D eigenvalue weighted by Crippen LogP contribution is 2.29. The van der Waals surface area contributed by atoms with Crippen molar-refractivity contribution in [2.75, 3.05) is 38.1 Å². The number of benzene rings is 1. The van der Waals surface area contributed by atoms with Gasteiger partial charge in [-0.15, -0.1) is 0 Å². The number of halogens is 2. The molecule has 2 aromatic rings. The van der Waals surface area contributed by atoms with Gasteiger partial charge in [0.05, 0.1) is 26.8 Å². The molecule has 0 radical (unpaired) electrons. The second-order valence-electron chi connectivity index (χ2n) is 5.39. The summed E-state index contributed by atoms with van der Waals surface area (Å²) in [5.41, 5.74) is 2.63. The number of hydrogen-bond acceptors (Lipinski definition) is 4. The van der Waals surface area contributed by atoms with E-state index in [0.29, 0.717) is 10.0 Å². The Balaban J connectivity index is 2.06. The maximum atomic E-state index is 6.10. The van der Waals surface area contributed by atoms with Crippen molar-refractivity contribution in [2.45, 2.75) is 13.3 Å². The molecule has 0 bridgehead atoms. The average molecular weight is 325 g/mol. The van der Waals surface area contributed by atoms with Gasteiger partial charge in [0.1, 0.15) is 0 Å². The van der Waals surface area contributed by atoms with Crippen LogP contribution in [0.1, 0.15) is 12.6 Å². The Labute approximate surface area is 134 Å². The third-order valence-corrected chi connectivity index (χ3v) is 4.62. The van der Waals surface area contributed by atoms with Crippen molar-refractivity contribution in [1.82, 2.24) is 14.9 Å². The number of aryl methyl sites for hydroxylation is 1. The topological polar surface area (TPSA) is 32.3 Å². The number of rotatable bonds is 2. The van der Waals surface area contributed by atoms with Gasteiger partial charge in [0.15, 0.2) is 5.82 Å². The summed E-state index contributed by atoms with van der Waals surface area (Å²) in [4.78, 5) is 14.2. The van der Waals surface area contributed by atoms with E-state index in [0.717, 1.165) is 55.1 Å². The Morgan fingerprint density at radius 2 is 1.57 bits per heavy atom. The zero-order valence-corrected chi connectivity index (χ0v) is 13.7. The molecular formula is C15H18Cl2N4. The highest BCUT2D eigenvalue weighted by atomic mass is 35.5. The average Bonchev–Trinajstić information content (AvgIpc) is 2.48. The molecule has 0 aliphatic carbocycles. The molecule has 2 heterocycles. The van der Waals surface area contributed by atoms with E-state index in [1.165, 1.54) is 0 Å². The standard InChI is InChI=1S/C15H18Cl2N4/c1-3-12-15(21-6-4-20(2)5-7-21)19-14-9-11(17)10(16)8-13(14)18-12/h8-9H,3-7H2,1-2H3. The van der Waals surface area contributed by atoms with Crippen LogP contribution in [0.3, 0.4) is 0 Å². The predicted molar refractivity (Wildman–Crippen MR) is 88.6 cm³/mol. The molecule has 4 nitrogen and oxygen atoms in total. The van der Waals surface area contributed by atoms with Gasteiger partial charge in [0.2, 0.25) is 0 Å². The monoisotopic (exact) mass is 324 g/mol. The van der Waals surface area contributed by atoms with Crippen molar-refractivity contribution in [1.29, 1.82) is 0 Å². The third kappa shape index (κ3) is 2.93. The first-order valence-electron chi connectivity index (χ1n) is 7.17. The van der Waals surface area contributed by atoms with E-state index in [1.807, 2.05) is 0 Å². The molecule has 1 fully saturated rings. The summed E-state index contributed by atoms with van der Waals surface area (Å²) in [6.07, 6.45) is 0.852. The lowest BCUT2D eigenvalue weighted by Gasteiger charge is -2.34. The zero-order valence-electron chi connectivity index (χ0n) is 12.2. The maximum absolute atomic E-state index is 6.10. The van der Waals surface area contributed by atoms with E-state index in [-0.39, 0.29) is 0 Å². The summed E-state index contributed by atoms with van der Waals surface area (Å²) in [6, 6.07) is 3.59. The van der Waals surface area contributed by atoms with Gasteiger partial charge in [0.25, 0.3) is 0 Å². The fourth-order valence-electron chi connectivity index (χ4n) is 2.59. The maximum Gasteiger partial charge on any atom is 0.151 e. The summed E-state index contributed by atoms with van der Waals surface area (Å²) >= 11 is 12.2. The van der Waals surface area contributed by atoms with Crippen molar-refractivity contribution in [3.63, 3.8) is 0 Å². The summed E-state index contributed by atoms with van der Waals surface area (Å²) in [6.45, 7) is 6.15. The molecule has 0 spiro atoms. The molecule has 0 unspecified atom stereocenters. The number of piperazine rings is 1. The number of anilines is 1. The van der Waals surface area contributed by atoms with Crippen LogP contribution in [-0.4, -0.2) is 48.1 Å². The van der Waals surface area contributed by atoms with Crippen LogP contribution in [0.25, 0.3) is 11.0 Å². The first kappa shape index (κ1) is 14.8. The first-order valence-corrected chi connectivity index (χ1v) is 7.93. The lowest BCUT2D eigenvalue weighted by Crippen LogP contribution is -2.45. The number of nitrogens with zero attached hydrogens (tertiary/aromatic N) is 4. The van der Waals surface area contributed by atoms with E-state index in [2.05, 4.69) is 23.8 Å². The fourth-order valence-corrected chi connectivity index (χ4v) is 2.90. The molecule has 6 heteroatoms. The minimum absolute atomic E-state index is 0.520. The molecule has 0 atom stereocenters. The lowest BCUT2D eigenvalue weighted by molar-refractivity contribution is 0.312. The van der Waals surface area contributed by atoms with E-state index >= 15 is 0 Å². The van der Waals surface area contributed by atoms with Gasteiger partial charge in [-0.1, -0.05) is 30.1 Å². The molecule has 0 amide bonds. The van der Waals surface area contributed by atoms with Crippen LogP contribution in [-0.2, 0) is 6.42 Å². The van der Waals surface area contributed by atoms with Crippen LogP contribution >= 0.6 is 23.2 Å². The smallest absolute Gasteiger partial charge is 0.151 e. The Hall–Kier alpha value is -1.10. The van der Waals surface area contributed by atoms with Gasteiger partial charge < -0.3 is 9.80 Å². The first-order chi connectivity index (χ1) is 10.1. The highest BCUT2D eigenvalue weighted by molar-refractivity contribution is 6.42. The van der Waals surface area contributed by atoms with E-state index in [9.17, 15) is 0 Å². The molecule has 21 heavy (non-hydrogen) atoms. The van der Waals surface area contributed by atoms with Crippen LogP contribution in [0.5, 0.6) is 0 Å². The quantitative estimate of drug-likeness (QED) is 0.848. The molecule has 3 rings (SSSR count). The Morgan fingerprint density at radius 3 is 2.14 bits per heavy atom. The number of hydrogen-bond donors (Lipinski definition) is 0. The second kappa shape index (κ2) is 5.95. The molecule has 0 N–H and O–H groups in total. The molecule has 0 saturated carbocycles. The number of fused-ring (bicyclic) bond motifs is 1. The summed E-state index contributed by atoms with van der Waals surface area (Å²) in [7, 11) is 2.14. The van der Waals surface area contributed by atoms with E-state index < -0.39 is 0 Å². The van der Waals surface area contributed by atoms with Crippen LogP contribution in [0.4, 0.5) is 5.82 Å². The SMILES string of the molecule is CCc1nc2cc(Cl)c(Cl)cc2nc1N1CCN(C)CC1. The minimum Gasteiger partial charge on any atom is -0.353 e. The van der Waals surface area contributed by atoms with Crippen LogP contribution in [0.15, 0.2) is 12.1 Å². The van der Waals surface area contributed by atoms with Crippen molar-refractivity contribution in [3.8, 4) is 0 Å². The Bertz CT molecular complexity index is 666. The molecule has 1 saturated heterocycles. The predicted octanol–water partition coefficient (Wildman–Crippen LogP) is 3.25.